The second-order valence-corrected chi connectivity index (χ2v) is 8.77. The van der Waals surface area contributed by atoms with Gasteiger partial charge in [0.1, 0.15) is 12.9 Å². The Labute approximate surface area is 131 Å². The molecular weight excluding hydrogens is 299 g/mol. The van der Waals surface area contributed by atoms with E-state index in [1.54, 1.807) is 25.5 Å². The lowest BCUT2D eigenvalue weighted by Crippen LogP contribution is -2.42. The first-order valence-electron chi connectivity index (χ1n) is 7.24. The highest BCUT2D eigenvalue weighted by molar-refractivity contribution is 7.71. The Morgan fingerprint density at radius 2 is 2.05 bits per heavy atom. The van der Waals surface area contributed by atoms with Crippen LogP contribution in [-0.4, -0.2) is 25.4 Å². The summed E-state index contributed by atoms with van der Waals surface area (Å²) in [6.45, 7) is 3.88. The summed E-state index contributed by atoms with van der Waals surface area (Å²) < 4.78 is 18.3. The van der Waals surface area contributed by atoms with Crippen LogP contribution < -0.4 is 26.8 Å². The van der Waals surface area contributed by atoms with Crippen LogP contribution in [0.2, 0.25) is 0 Å². The van der Waals surface area contributed by atoms with Crippen molar-refractivity contribution in [2.45, 2.75) is 19.5 Å². The molecule has 0 fully saturated rings. The van der Waals surface area contributed by atoms with E-state index in [0.29, 0.717) is 23.6 Å². The lowest BCUT2D eigenvalue weighted by atomic mass is 9.99. The molecule has 0 saturated heterocycles. The molecule has 22 heavy (non-hydrogen) atoms. The monoisotopic (exact) mass is 322 g/mol. The fraction of sp³-hybridized carbons (Fsp3) is 0.400. The first-order valence-corrected chi connectivity index (χ1v) is 9.32. The molecule has 0 saturated carbocycles. The van der Waals surface area contributed by atoms with Gasteiger partial charge in [0, 0.05) is 29.4 Å². The summed E-state index contributed by atoms with van der Waals surface area (Å²) in [5.74, 6) is 0.800. The molecule has 0 spiro atoms. The topological polar surface area (TPSA) is 103 Å². The maximum atomic E-state index is 12.9. The third-order valence-electron chi connectivity index (χ3n) is 3.98. The van der Waals surface area contributed by atoms with Crippen LogP contribution in [0, 0.1) is 0 Å². The van der Waals surface area contributed by atoms with Crippen LogP contribution >= 0.6 is 7.14 Å². The normalized spacial score (nSPS) is 21.2. The molecule has 0 bridgehead atoms. The van der Waals surface area contributed by atoms with Crippen LogP contribution in [0.15, 0.2) is 35.5 Å². The molecule has 7 heteroatoms. The third kappa shape index (κ3) is 2.89. The molecule has 1 aliphatic rings. The van der Waals surface area contributed by atoms with Crippen molar-refractivity contribution < 1.29 is 9.30 Å². The lowest BCUT2D eigenvalue weighted by Gasteiger charge is -2.28. The van der Waals surface area contributed by atoms with Crippen LogP contribution in [0.3, 0.4) is 0 Å². The first-order chi connectivity index (χ1) is 10.4. The molecule has 120 valence electrons. The Morgan fingerprint density at radius 1 is 1.36 bits per heavy atom. The van der Waals surface area contributed by atoms with Gasteiger partial charge in [0.15, 0.2) is 11.6 Å². The van der Waals surface area contributed by atoms with E-state index in [0.717, 1.165) is 5.30 Å². The van der Waals surface area contributed by atoms with E-state index >= 15 is 0 Å². The van der Waals surface area contributed by atoms with Crippen LogP contribution in [0.5, 0.6) is 5.75 Å². The predicted octanol–water partition coefficient (Wildman–Crippen LogP) is 1.27. The van der Waals surface area contributed by atoms with Gasteiger partial charge in [-0.25, -0.2) is 4.99 Å². The van der Waals surface area contributed by atoms with Crippen LogP contribution in [0.25, 0.3) is 0 Å². The van der Waals surface area contributed by atoms with E-state index in [9.17, 15) is 4.57 Å². The quantitative estimate of drug-likeness (QED) is 0.708. The fourth-order valence-corrected chi connectivity index (χ4v) is 4.40. The first kappa shape index (κ1) is 16.6. The molecule has 1 unspecified atom stereocenters. The molecule has 0 amide bonds. The molecule has 6 nitrogen and oxygen atoms in total. The largest absolute Gasteiger partial charge is 0.496 e. The van der Waals surface area contributed by atoms with Gasteiger partial charge < -0.3 is 20.4 Å². The van der Waals surface area contributed by atoms with Gasteiger partial charge in [-0.15, -0.1) is 0 Å². The number of methoxy groups -OCH3 is 1. The number of guanidine groups is 1. The summed E-state index contributed by atoms with van der Waals surface area (Å²) in [4.78, 5) is 4.25. The molecule has 1 aromatic rings. The lowest BCUT2D eigenvalue weighted by molar-refractivity contribution is 0.398. The van der Waals surface area contributed by atoms with E-state index in [-0.39, 0.29) is 5.96 Å². The number of aliphatic imine (C=N–C) groups is 1. The maximum Gasteiger partial charge on any atom is 0.195 e. The number of hydrogen-bond donors (Lipinski definition) is 3. The molecule has 1 atom stereocenters. The van der Waals surface area contributed by atoms with Gasteiger partial charge in [-0.3, -0.25) is 5.73 Å². The van der Waals surface area contributed by atoms with Crippen molar-refractivity contribution in [3.63, 3.8) is 0 Å². The molecular formula is C15H23N4O2P. The summed E-state index contributed by atoms with van der Waals surface area (Å²) in [5.41, 5.74) is 11.6. The van der Waals surface area contributed by atoms with Crippen LogP contribution in [0.1, 0.15) is 19.4 Å². The number of nitrogens with two attached hydrogens (primary N) is 2. The van der Waals surface area contributed by atoms with Gasteiger partial charge in [0.2, 0.25) is 0 Å². The van der Waals surface area contributed by atoms with Gasteiger partial charge >= 0.3 is 0 Å². The number of nitrogens with one attached hydrogen (secondary N) is 1. The zero-order chi connectivity index (χ0) is 16.4. The Kier molecular flexibility index (Phi) is 4.63. The second-order valence-electron chi connectivity index (χ2n) is 5.21. The SMILES string of the molecule is CCP(=O)(CC)c1ccc(C2(N)C=CNC(N)=N2)c(OC)c1. The van der Waals surface area contributed by atoms with Crippen LogP contribution in [0.4, 0.5) is 0 Å². The molecule has 1 aliphatic heterocycles. The Hall–Kier alpha value is -1.78. The summed E-state index contributed by atoms with van der Waals surface area (Å²) in [7, 11) is -0.817. The van der Waals surface area contributed by atoms with E-state index in [1.165, 1.54) is 0 Å². The Bertz CT molecular complexity index is 664. The average molecular weight is 322 g/mol. The summed E-state index contributed by atoms with van der Waals surface area (Å²) in [6.07, 6.45) is 4.60. The minimum absolute atomic E-state index is 0.240. The zero-order valence-electron chi connectivity index (χ0n) is 13.2. The zero-order valence-corrected chi connectivity index (χ0v) is 14.1. The van der Waals surface area contributed by atoms with E-state index in [1.807, 2.05) is 26.0 Å². The van der Waals surface area contributed by atoms with Crippen molar-refractivity contribution in [3.8, 4) is 5.75 Å². The molecule has 2 rings (SSSR count). The number of nitrogens with zero attached hydrogens (tertiary/aromatic N) is 1. The molecule has 5 N–H and O–H groups in total. The average Bonchev–Trinajstić information content (AvgIpc) is 2.53. The number of hydrogen-bond acceptors (Lipinski definition) is 6. The minimum atomic E-state index is -2.38. The fourth-order valence-electron chi connectivity index (χ4n) is 2.53. The van der Waals surface area contributed by atoms with Gasteiger partial charge in [0.05, 0.1) is 7.11 Å². The number of ether oxygens (including phenoxy) is 1. The van der Waals surface area contributed by atoms with Crippen molar-refractivity contribution in [2.75, 3.05) is 19.4 Å². The molecule has 0 aromatic heterocycles. The van der Waals surface area contributed by atoms with Gasteiger partial charge in [0.25, 0.3) is 0 Å². The second kappa shape index (κ2) is 6.15. The van der Waals surface area contributed by atoms with Crippen molar-refractivity contribution in [1.82, 2.24) is 5.32 Å². The van der Waals surface area contributed by atoms with Crippen molar-refractivity contribution in [3.05, 3.63) is 36.0 Å². The highest BCUT2D eigenvalue weighted by atomic mass is 31.2. The summed E-state index contributed by atoms with van der Waals surface area (Å²) in [6, 6.07) is 5.47. The number of benzene rings is 1. The van der Waals surface area contributed by atoms with Crippen LogP contribution in [-0.2, 0) is 10.2 Å². The molecule has 1 heterocycles. The summed E-state index contributed by atoms with van der Waals surface area (Å²) >= 11 is 0. The molecule has 0 radical (unpaired) electrons. The van der Waals surface area contributed by atoms with Crippen molar-refractivity contribution in [2.24, 2.45) is 16.5 Å². The Morgan fingerprint density at radius 3 is 2.59 bits per heavy atom. The van der Waals surface area contributed by atoms with Gasteiger partial charge in [-0.05, 0) is 12.1 Å². The Balaban J connectivity index is 2.54. The van der Waals surface area contributed by atoms with E-state index < -0.39 is 12.8 Å². The third-order valence-corrected chi connectivity index (χ3v) is 7.25. The highest BCUT2D eigenvalue weighted by Crippen LogP contribution is 2.45. The number of rotatable bonds is 5. The molecule has 1 aromatic carbocycles. The maximum absolute atomic E-state index is 12.9. The molecule has 0 aliphatic carbocycles. The van der Waals surface area contributed by atoms with E-state index in [4.69, 9.17) is 16.2 Å². The predicted molar refractivity (Wildman–Crippen MR) is 91.1 cm³/mol. The van der Waals surface area contributed by atoms with Crippen molar-refractivity contribution in [1.29, 1.82) is 0 Å². The van der Waals surface area contributed by atoms with Crippen molar-refractivity contribution >= 4 is 18.4 Å². The minimum Gasteiger partial charge on any atom is -0.496 e. The smallest absolute Gasteiger partial charge is 0.195 e. The van der Waals surface area contributed by atoms with E-state index in [2.05, 4.69) is 10.3 Å². The van der Waals surface area contributed by atoms with Gasteiger partial charge in [-0.2, -0.15) is 0 Å². The summed E-state index contributed by atoms with van der Waals surface area (Å²) in [5, 5.41) is 3.58. The standard InChI is InChI=1S/C15H23N4O2P/c1-4-22(20,5-2)11-6-7-12(13(10-11)21-3)15(17)8-9-18-14(16)19-15/h6-10H,4-5,17H2,1-3H3,(H3,16,18,19). The van der Waals surface area contributed by atoms with Gasteiger partial charge in [-0.1, -0.05) is 26.0 Å². The highest BCUT2D eigenvalue weighted by Gasteiger charge is 2.31.